The molecule has 0 aliphatic rings. The van der Waals surface area contributed by atoms with Crippen molar-refractivity contribution in [2.75, 3.05) is 16.8 Å². The molecule has 0 radical (unpaired) electrons. The van der Waals surface area contributed by atoms with Crippen LogP contribution < -0.4 is 11.1 Å². The Morgan fingerprint density at radius 1 is 1.26 bits per heavy atom. The Morgan fingerprint density at radius 3 is 2.42 bits per heavy atom. The summed E-state index contributed by atoms with van der Waals surface area (Å²) in [5, 5.41) is 2.72. The Labute approximate surface area is 114 Å². The molecule has 0 saturated carbocycles. The molecule has 106 valence electrons. The van der Waals surface area contributed by atoms with Crippen LogP contribution in [0.25, 0.3) is 0 Å². The Hall–Kier alpha value is -1.40. The number of benzene rings is 1. The van der Waals surface area contributed by atoms with Crippen LogP contribution >= 0.6 is 0 Å². The van der Waals surface area contributed by atoms with Gasteiger partial charge in [-0.15, -0.1) is 0 Å². The lowest BCUT2D eigenvalue weighted by Gasteiger charge is -2.06. The number of carbonyl (C=O) groups is 1. The van der Waals surface area contributed by atoms with Crippen LogP contribution in [0, 0.1) is 0 Å². The average molecular weight is 284 g/mol. The van der Waals surface area contributed by atoms with Crippen LogP contribution in [0.15, 0.2) is 24.3 Å². The molecule has 0 saturated heterocycles. The van der Waals surface area contributed by atoms with E-state index in [1.807, 2.05) is 12.1 Å². The fourth-order valence-corrected chi connectivity index (χ4v) is 2.42. The molecule has 0 unspecified atom stereocenters. The summed E-state index contributed by atoms with van der Waals surface area (Å²) < 4.78 is 22.5. The fraction of sp³-hybridized carbons (Fsp3) is 0.462. The van der Waals surface area contributed by atoms with E-state index in [1.165, 1.54) is 0 Å². The molecule has 0 aromatic heterocycles. The summed E-state index contributed by atoms with van der Waals surface area (Å²) in [6.07, 6.45) is 0.556. The van der Waals surface area contributed by atoms with Crippen LogP contribution in [0.1, 0.15) is 25.3 Å². The minimum absolute atomic E-state index is 0.0586. The lowest BCUT2D eigenvalue weighted by Crippen LogP contribution is -2.15. The van der Waals surface area contributed by atoms with Gasteiger partial charge in [0.25, 0.3) is 0 Å². The molecule has 0 heterocycles. The third-order valence-electron chi connectivity index (χ3n) is 2.77. The Morgan fingerprint density at radius 2 is 1.89 bits per heavy atom. The van der Waals surface area contributed by atoms with Crippen LogP contribution in [0.4, 0.5) is 5.69 Å². The van der Waals surface area contributed by atoms with Gasteiger partial charge in [-0.1, -0.05) is 19.1 Å². The summed E-state index contributed by atoms with van der Waals surface area (Å²) in [6.45, 7) is 2.07. The molecule has 3 N–H and O–H groups in total. The number of nitrogens with one attached hydrogen (secondary N) is 1. The number of nitrogens with two attached hydrogens (primary N) is 1. The Balaban J connectivity index is 2.38. The van der Waals surface area contributed by atoms with Crippen molar-refractivity contribution in [3.63, 3.8) is 0 Å². The highest BCUT2D eigenvalue weighted by molar-refractivity contribution is 7.91. The summed E-state index contributed by atoms with van der Waals surface area (Å²) >= 11 is 0. The molecule has 1 amide bonds. The van der Waals surface area contributed by atoms with Crippen LogP contribution in [0.3, 0.4) is 0 Å². The van der Waals surface area contributed by atoms with E-state index in [9.17, 15) is 13.2 Å². The predicted molar refractivity (Wildman–Crippen MR) is 76.5 cm³/mol. The quantitative estimate of drug-likeness (QED) is 0.789. The Kier molecular flexibility index (Phi) is 5.98. The topological polar surface area (TPSA) is 89.3 Å². The zero-order valence-electron chi connectivity index (χ0n) is 11.1. The maximum atomic E-state index is 11.6. The van der Waals surface area contributed by atoms with Gasteiger partial charge in [-0.25, -0.2) is 8.42 Å². The number of amides is 1. The first-order valence-corrected chi connectivity index (χ1v) is 8.08. The summed E-state index contributed by atoms with van der Waals surface area (Å²) in [5.74, 6) is 0.00451. The normalized spacial score (nSPS) is 11.3. The highest BCUT2D eigenvalue weighted by Gasteiger charge is 2.09. The van der Waals surface area contributed by atoms with E-state index in [4.69, 9.17) is 5.73 Å². The van der Waals surface area contributed by atoms with Crippen LogP contribution in [0.5, 0.6) is 0 Å². The van der Waals surface area contributed by atoms with Crippen molar-refractivity contribution in [1.29, 1.82) is 0 Å². The van der Waals surface area contributed by atoms with Gasteiger partial charge in [-0.3, -0.25) is 4.79 Å². The molecule has 0 aliphatic heterocycles. The van der Waals surface area contributed by atoms with Crippen molar-refractivity contribution in [3.05, 3.63) is 29.8 Å². The third-order valence-corrected chi connectivity index (χ3v) is 4.56. The SMILES string of the molecule is CCS(=O)(=O)CCCC(=O)Nc1ccc(CN)cc1. The zero-order valence-corrected chi connectivity index (χ0v) is 11.9. The zero-order chi connectivity index (χ0) is 14.3. The van der Waals surface area contributed by atoms with Crippen LogP contribution in [-0.4, -0.2) is 25.8 Å². The number of carbonyl (C=O) groups excluding carboxylic acids is 1. The monoisotopic (exact) mass is 284 g/mol. The molecule has 0 fully saturated rings. The second-order valence-electron chi connectivity index (χ2n) is 4.29. The lowest BCUT2D eigenvalue weighted by atomic mass is 10.2. The summed E-state index contributed by atoms with van der Waals surface area (Å²) in [7, 11) is -2.99. The van der Waals surface area contributed by atoms with Gasteiger partial charge in [0.15, 0.2) is 0 Å². The van der Waals surface area contributed by atoms with Gasteiger partial charge in [0, 0.05) is 24.4 Å². The number of anilines is 1. The molecule has 6 heteroatoms. The molecule has 19 heavy (non-hydrogen) atoms. The molecule has 0 aliphatic carbocycles. The van der Waals surface area contributed by atoms with E-state index in [0.717, 1.165) is 5.56 Å². The predicted octanol–water partition coefficient (Wildman–Crippen LogP) is 1.30. The molecule has 0 atom stereocenters. The molecule has 0 spiro atoms. The van der Waals surface area contributed by atoms with Crippen molar-refractivity contribution in [2.24, 2.45) is 5.73 Å². The van der Waals surface area contributed by atoms with Gasteiger partial charge in [0.05, 0.1) is 5.75 Å². The van der Waals surface area contributed by atoms with Crippen LogP contribution in [-0.2, 0) is 21.2 Å². The highest BCUT2D eigenvalue weighted by atomic mass is 32.2. The van der Waals surface area contributed by atoms with E-state index in [2.05, 4.69) is 5.32 Å². The molecular formula is C13H20N2O3S. The first kappa shape index (κ1) is 15.7. The number of hydrogen-bond acceptors (Lipinski definition) is 4. The summed E-state index contributed by atoms with van der Waals surface area (Å²) in [6, 6.07) is 7.25. The second-order valence-corrected chi connectivity index (χ2v) is 6.76. The molecule has 1 rings (SSSR count). The van der Waals surface area contributed by atoms with Crippen molar-refractivity contribution < 1.29 is 13.2 Å². The van der Waals surface area contributed by atoms with E-state index in [0.29, 0.717) is 18.7 Å². The van der Waals surface area contributed by atoms with Gasteiger partial charge in [-0.05, 0) is 24.1 Å². The minimum atomic E-state index is -2.99. The molecule has 5 nitrogen and oxygen atoms in total. The highest BCUT2D eigenvalue weighted by Crippen LogP contribution is 2.10. The van der Waals surface area contributed by atoms with Crippen molar-refractivity contribution in [1.82, 2.24) is 0 Å². The van der Waals surface area contributed by atoms with Gasteiger partial charge in [0.1, 0.15) is 9.84 Å². The minimum Gasteiger partial charge on any atom is -0.326 e. The van der Waals surface area contributed by atoms with Crippen LogP contribution in [0.2, 0.25) is 0 Å². The van der Waals surface area contributed by atoms with Crippen molar-refractivity contribution >= 4 is 21.4 Å². The fourth-order valence-electron chi connectivity index (χ4n) is 1.54. The van der Waals surface area contributed by atoms with Gasteiger partial charge in [0.2, 0.25) is 5.91 Å². The molecule has 1 aromatic carbocycles. The van der Waals surface area contributed by atoms with Gasteiger partial charge in [-0.2, -0.15) is 0 Å². The maximum absolute atomic E-state index is 11.6. The first-order chi connectivity index (χ1) is 8.96. The van der Waals surface area contributed by atoms with Gasteiger partial charge >= 0.3 is 0 Å². The first-order valence-electron chi connectivity index (χ1n) is 6.26. The lowest BCUT2D eigenvalue weighted by molar-refractivity contribution is -0.116. The second kappa shape index (κ2) is 7.25. The third kappa shape index (κ3) is 5.85. The largest absolute Gasteiger partial charge is 0.326 e. The maximum Gasteiger partial charge on any atom is 0.224 e. The van der Waals surface area contributed by atoms with E-state index in [1.54, 1.807) is 19.1 Å². The smallest absolute Gasteiger partial charge is 0.224 e. The van der Waals surface area contributed by atoms with E-state index < -0.39 is 9.84 Å². The summed E-state index contributed by atoms with van der Waals surface area (Å²) in [4.78, 5) is 11.6. The summed E-state index contributed by atoms with van der Waals surface area (Å²) in [5.41, 5.74) is 7.16. The van der Waals surface area contributed by atoms with Gasteiger partial charge < -0.3 is 11.1 Å². The van der Waals surface area contributed by atoms with E-state index in [-0.39, 0.29) is 23.8 Å². The van der Waals surface area contributed by atoms with Crippen molar-refractivity contribution in [2.45, 2.75) is 26.3 Å². The average Bonchev–Trinajstić information content (AvgIpc) is 2.39. The van der Waals surface area contributed by atoms with Crippen molar-refractivity contribution in [3.8, 4) is 0 Å². The van der Waals surface area contributed by atoms with E-state index >= 15 is 0 Å². The molecular weight excluding hydrogens is 264 g/mol. The number of hydrogen-bond donors (Lipinski definition) is 2. The standard InChI is InChI=1S/C13H20N2O3S/c1-2-19(17,18)9-3-4-13(16)15-12-7-5-11(10-14)6-8-12/h5-8H,2-4,9-10,14H2,1H3,(H,15,16). The Bertz CT molecular complexity index is 509. The molecule has 1 aromatic rings. The number of sulfone groups is 1. The molecule has 0 bridgehead atoms. The number of rotatable bonds is 7.